The molecular formula is C22H28N2O3. The molecule has 3 fully saturated rings. The van der Waals surface area contributed by atoms with Crippen molar-refractivity contribution in [3.63, 3.8) is 0 Å². The molecule has 0 unspecified atom stereocenters. The zero-order chi connectivity index (χ0) is 18.9. The molecule has 0 aromatic heterocycles. The first-order valence-corrected chi connectivity index (χ1v) is 10.2. The van der Waals surface area contributed by atoms with Crippen LogP contribution in [0.5, 0.6) is 0 Å². The van der Waals surface area contributed by atoms with Crippen molar-refractivity contribution in [3.8, 4) is 0 Å². The average molecular weight is 368 g/mol. The van der Waals surface area contributed by atoms with Crippen LogP contribution in [0.25, 0.3) is 0 Å². The molecule has 3 aliphatic rings. The second kappa shape index (κ2) is 7.45. The molecule has 2 aliphatic heterocycles. The summed E-state index contributed by atoms with van der Waals surface area (Å²) in [4.78, 5) is 40.9. The Hall–Kier alpha value is -2.17. The molecule has 5 nitrogen and oxygen atoms in total. The summed E-state index contributed by atoms with van der Waals surface area (Å²) in [6, 6.07) is 10.5. The smallest absolute Gasteiger partial charge is 0.242 e. The molecule has 1 spiro atoms. The Labute approximate surface area is 160 Å². The summed E-state index contributed by atoms with van der Waals surface area (Å²) in [5.74, 6) is 0.254. The maximum Gasteiger partial charge on any atom is 0.242 e. The summed E-state index contributed by atoms with van der Waals surface area (Å²) < 4.78 is 0. The molecule has 0 bridgehead atoms. The van der Waals surface area contributed by atoms with Crippen molar-refractivity contribution in [2.45, 2.75) is 51.4 Å². The second-order valence-corrected chi connectivity index (χ2v) is 8.46. The maximum atomic E-state index is 12.7. The highest BCUT2D eigenvalue weighted by Gasteiger charge is 2.53. The number of likely N-dealkylation sites (tertiary alicyclic amines) is 2. The highest BCUT2D eigenvalue weighted by molar-refractivity contribution is 6.08. The molecule has 27 heavy (non-hydrogen) atoms. The van der Waals surface area contributed by atoms with Crippen molar-refractivity contribution >= 4 is 17.7 Å². The van der Waals surface area contributed by atoms with E-state index in [9.17, 15) is 14.4 Å². The number of piperidine rings is 1. The normalized spacial score (nSPS) is 22.8. The lowest BCUT2D eigenvalue weighted by Crippen LogP contribution is -2.46. The molecule has 1 aliphatic carbocycles. The minimum atomic E-state index is -0.486. The van der Waals surface area contributed by atoms with E-state index >= 15 is 0 Å². The van der Waals surface area contributed by atoms with Gasteiger partial charge in [0, 0.05) is 19.5 Å². The minimum Gasteiger partial charge on any atom is -0.341 e. The van der Waals surface area contributed by atoms with Crippen LogP contribution >= 0.6 is 0 Å². The molecule has 1 aromatic carbocycles. The number of hydrogen-bond acceptors (Lipinski definition) is 3. The quantitative estimate of drug-likeness (QED) is 0.768. The Balaban J connectivity index is 1.30. The molecule has 144 valence electrons. The van der Waals surface area contributed by atoms with E-state index in [4.69, 9.17) is 0 Å². The fourth-order valence-electron chi connectivity index (χ4n) is 5.03. The lowest BCUT2D eigenvalue weighted by atomic mass is 9.84. The Bertz CT molecular complexity index is 716. The molecule has 0 atom stereocenters. The Morgan fingerprint density at radius 2 is 1.70 bits per heavy atom. The summed E-state index contributed by atoms with van der Waals surface area (Å²) in [7, 11) is 0. The SMILES string of the molecule is O=C(CN1C(=O)CC2(CCCC2)C1=O)N1CCC(Cc2ccccc2)CC1. The van der Waals surface area contributed by atoms with E-state index in [1.54, 1.807) is 0 Å². The zero-order valence-corrected chi connectivity index (χ0v) is 15.9. The van der Waals surface area contributed by atoms with Crippen LogP contribution in [0.4, 0.5) is 0 Å². The van der Waals surface area contributed by atoms with Gasteiger partial charge in [0.25, 0.3) is 0 Å². The third kappa shape index (κ3) is 3.64. The number of nitrogens with zero attached hydrogens (tertiary/aromatic N) is 2. The topological polar surface area (TPSA) is 57.7 Å². The van der Waals surface area contributed by atoms with Gasteiger partial charge in [0.05, 0.1) is 5.41 Å². The molecular weight excluding hydrogens is 340 g/mol. The van der Waals surface area contributed by atoms with E-state index in [2.05, 4.69) is 24.3 Å². The predicted octanol–water partition coefficient (Wildman–Crippen LogP) is 2.79. The molecule has 3 amide bonds. The van der Waals surface area contributed by atoms with Gasteiger partial charge in [-0.05, 0) is 43.6 Å². The van der Waals surface area contributed by atoms with Crippen molar-refractivity contribution in [2.24, 2.45) is 11.3 Å². The third-order valence-electron chi connectivity index (χ3n) is 6.68. The number of carbonyl (C=O) groups is 3. The predicted molar refractivity (Wildman–Crippen MR) is 102 cm³/mol. The average Bonchev–Trinajstić information content (AvgIpc) is 3.24. The number of imide groups is 1. The number of rotatable bonds is 4. The van der Waals surface area contributed by atoms with Crippen molar-refractivity contribution in [1.29, 1.82) is 0 Å². The number of benzene rings is 1. The Kier molecular flexibility index (Phi) is 5.02. The molecule has 0 radical (unpaired) electrons. The van der Waals surface area contributed by atoms with Crippen LogP contribution in [-0.4, -0.2) is 47.2 Å². The van der Waals surface area contributed by atoms with E-state index in [0.29, 0.717) is 12.3 Å². The fourth-order valence-corrected chi connectivity index (χ4v) is 5.03. The van der Waals surface area contributed by atoms with Crippen molar-refractivity contribution < 1.29 is 14.4 Å². The summed E-state index contributed by atoms with van der Waals surface area (Å²) in [5.41, 5.74) is 0.859. The maximum absolute atomic E-state index is 12.7. The van der Waals surface area contributed by atoms with Crippen molar-refractivity contribution in [3.05, 3.63) is 35.9 Å². The lowest BCUT2D eigenvalue weighted by molar-refractivity contribution is -0.148. The van der Waals surface area contributed by atoms with Crippen LogP contribution in [0, 0.1) is 11.3 Å². The Morgan fingerprint density at radius 1 is 1.04 bits per heavy atom. The van der Waals surface area contributed by atoms with Gasteiger partial charge < -0.3 is 4.90 Å². The van der Waals surface area contributed by atoms with Gasteiger partial charge in [-0.1, -0.05) is 43.2 Å². The van der Waals surface area contributed by atoms with E-state index < -0.39 is 5.41 Å². The van der Waals surface area contributed by atoms with E-state index in [-0.39, 0.29) is 24.3 Å². The van der Waals surface area contributed by atoms with Crippen LogP contribution in [0.15, 0.2) is 30.3 Å². The molecule has 1 saturated carbocycles. The van der Waals surface area contributed by atoms with Crippen LogP contribution < -0.4 is 0 Å². The summed E-state index contributed by atoms with van der Waals surface area (Å²) in [6.45, 7) is 1.37. The van der Waals surface area contributed by atoms with E-state index in [1.165, 1.54) is 10.5 Å². The Morgan fingerprint density at radius 3 is 2.37 bits per heavy atom. The highest BCUT2D eigenvalue weighted by Crippen LogP contribution is 2.46. The largest absolute Gasteiger partial charge is 0.341 e. The van der Waals surface area contributed by atoms with Gasteiger partial charge in [-0.2, -0.15) is 0 Å². The summed E-state index contributed by atoms with van der Waals surface area (Å²) >= 11 is 0. The summed E-state index contributed by atoms with van der Waals surface area (Å²) in [6.07, 6.45) is 6.93. The fraction of sp³-hybridized carbons (Fsp3) is 0.591. The monoisotopic (exact) mass is 368 g/mol. The highest BCUT2D eigenvalue weighted by atomic mass is 16.2. The van der Waals surface area contributed by atoms with Crippen LogP contribution in [0.2, 0.25) is 0 Å². The van der Waals surface area contributed by atoms with Crippen LogP contribution in [-0.2, 0) is 20.8 Å². The number of carbonyl (C=O) groups excluding carboxylic acids is 3. The minimum absolute atomic E-state index is 0.0667. The number of amides is 3. The standard InChI is InChI=1S/C22H28N2O3/c25-19-15-22(10-4-5-11-22)21(27)24(19)16-20(26)23-12-8-18(9-13-23)14-17-6-2-1-3-7-17/h1-3,6-7,18H,4-5,8-16H2. The molecule has 4 rings (SSSR count). The van der Waals surface area contributed by atoms with Crippen LogP contribution in [0.1, 0.15) is 50.5 Å². The van der Waals surface area contributed by atoms with E-state index in [0.717, 1.165) is 58.0 Å². The number of hydrogen-bond donors (Lipinski definition) is 0. The van der Waals surface area contributed by atoms with Gasteiger partial charge in [-0.25, -0.2) is 0 Å². The third-order valence-corrected chi connectivity index (χ3v) is 6.68. The zero-order valence-electron chi connectivity index (χ0n) is 15.9. The summed E-state index contributed by atoms with van der Waals surface area (Å²) in [5, 5.41) is 0. The molecule has 2 saturated heterocycles. The first kappa shape index (κ1) is 18.2. The molecule has 0 N–H and O–H groups in total. The second-order valence-electron chi connectivity index (χ2n) is 8.46. The van der Waals surface area contributed by atoms with Gasteiger partial charge in [0.1, 0.15) is 6.54 Å². The first-order valence-electron chi connectivity index (χ1n) is 10.2. The van der Waals surface area contributed by atoms with Crippen molar-refractivity contribution in [1.82, 2.24) is 9.80 Å². The molecule has 2 heterocycles. The van der Waals surface area contributed by atoms with Gasteiger partial charge in [0.15, 0.2) is 0 Å². The molecule has 1 aromatic rings. The van der Waals surface area contributed by atoms with Gasteiger partial charge in [-0.3, -0.25) is 19.3 Å². The first-order chi connectivity index (χ1) is 13.1. The van der Waals surface area contributed by atoms with Crippen molar-refractivity contribution in [2.75, 3.05) is 19.6 Å². The van der Waals surface area contributed by atoms with Gasteiger partial charge in [-0.15, -0.1) is 0 Å². The van der Waals surface area contributed by atoms with Gasteiger partial charge in [0.2, 0.25) is 17.7 Å². The van der Waals surface area contributed by atoms with E-state index in [1.807, 2.05) is 11.0 Å². The van der Waals surface area contributed by atoms with Crippen LogP contribution in [0.3, 0.4) is 0 Å². The van der Waals surface area contributed by atoms with Gasteiger partial charge >= 0.3 is 0 Å². The molecule has 5 heteroatoms. The lowest BCUT2D eigenvalue weighted by Gasteiger charge is -2.33.